The molecular formula is C5H4BF3N2O2. The molecule has 0 spiro atoms. The number of nitrogens with zero attached hydrogens (tertiary/aromatic N) is 2. The van der Waals surface area contributed by atoms with Gasteiger partial charge in [0, 0.05) is 0 Å². The number of aromatic nitrogens is 2. The quantitative estimate of drug-likeness (QED) is 0.570. The van der Waals surface area contributed by atoms with Crippen LogP contribution in [-0.2, 0) is 6.18 Å². The van der Waals surface area contributed by atoms with Gasteiger partial charge < -0.3 is 10.0 Å². The van der Waals surface area contributed by atoms with Gasteiger partial charge in [-0.2, -0.15) is 18.3 Å². The van der Waals surface area contributed by atoms with E-state index in [9.17, 15) is 13.2 Å². The number of halogens is 3. The average molecular weight is 192 g/mol. The summed E-state index contributed by atoms with van der Waals surface area (Å²) in [5.74, 6) is 0. The highest BCUT2D eigenvalue weighted by atomic mass is 19.4. The Labute approximate surface area is 71.2 Å². The van der Waals surface area contributed by atoms with Gasteiger partial charge in [0.2, 0.25) is 0 Å². The second kappa shape index (κ2) is 3.31. The third kappa shape index (κ3) is 2.39. The van der Waals surface area contributed by atoms with Crippen LogP contribution in [0, 0.1) is 0 Å². The van der Waals surface area contributed by atoms with Gasteiger partial charge in [0.25, 0.3) is 0 Å². The van der Waals surface area contributed by atoms with Crippen molar-refractivity contribution in [1.29, 1.82) is 0 Å². The predicted octanol–water partition coefficient (Wildman–Crippen LogP) is -0.825. The number of alkyl halides is 3. The van der Waals surface area contributed by atoms with E-state index in [2.05, 4.69) is 10.2 Å². The van der Waals surface area contributed by atoms with Gasteiger partial charge in [-0.3, -0.25) is 0 Å². The van der Waals surface area contributed by atoms with Gasteiger partial charge >= 0.3 is 13.3 Å². The fourth-order valence-corrected chi connectivity index (χ4v) is 0.631. The van der Waals surface area contributed by atoms with Crippen LogP contribution in [0.5, 0.6) is 0 Å². The van der Waals surface area contributed by atoms with Crippen LogP contribution in [0.1, 0.15) is 5.69 Å². The molecule has 13 heavy (non-hydrogen) atoms. The molecule has 4 nitrogen and oxygen atoms in total. The zero-order valence-corrected chi connectivity index (χ0v) is 6.15. The molecule has 0 aliphatic rings. The van der Waals surface area contributed by atoms with Gasteiger partial charge in [-0.25, -0.2) is 0 Å². The van der Waals surface area contributed by atoms with Gasteiger partial charge in [0.1, 0.15) is 0 Å². The summed E-state index contributed by atoms with van der Waals surface area (Å²) in [5, 5.41) is 22.7. The summed E-state index contributed by atoms with van der Waals surface area (Å²) in [7, 11) is -1.91. The van der Waals surface area contributed by atoms with E-state index in [0.717, 1.165) is 6.07 Å². The van der Waals surface area contributed by atoms with Crippen LogP contribution < -0.4 is 5.59 Å². The van der Waals surface area contributed by atoms with Crippen molar-refractivity contribution in [3.63, 3.8) is 0 Å². The standard InChI is InChI=1S/C5H4BF3N2O2/c7-5(8,9)3-1-2-4(6(12)13)11-10-3/h1-2,12-13H. The van der Waals surface area contributed by atoms with Crippen molar-refractivity contribution in [3.8, 4) is 0 Å². The molecule has 0 unspecified atom stereocenters. The Hall–Kier alpha value is -1.15. The summed E-state index contributed by atoms with van der Waals surface area (Å²) >= 11 is 0. The number of hydrogen-bond acceptors (Lipinski definition) is 4. The lowest BCUT2D eigenvalue weighted by Gasteiger charge is -2.04. The van der Waals surface area contributed by atoms with Crippen LogP contribution in [0.15, 0.2) is 12.1 Å². The highest BCUT2D eigenvalue weighted by Crippen LogP contribution is 2.25. The van der Waals surface area contributed by atoms with Gasteiger partial charge in [0.15, 0.2) is 5.69 Å². The van der Waals surface area contributed by atoms with Crippen LogP contribution in [0.4, 0.5) is 13.2 Å². The summed E-state index contributed by atoms with van der Waals surface area (Å²) in [6, 6.07) is 1.47. The minimum absolute atomic E-state index is 0.326. The topological polar surface area (TPSA) is 66.2 Å². The maximum absolute atomic E-state index is 11.9. The molecule has 0 atom stereocenters. The molecule has 0 aromatic carbocycles. The highest BCUT2D eigenvalue weighted by Gasteiger charge is 2.33. The van der Waals surface area contributed by atoms with Crippen molar-refractivity contribution in [3.05, 3.63) is 17.8 Å². The molecule has 0 saturated carbocycles. The average Bonchev–Trinajstić information content (AvgIpc) is 2.03. The zero-order chi connectivity index (χ0) is 10.1. The smallest absolute Gasteiger partial charge is 0.422 e. The van der Waals surface area contributed by atoms with E-state index < -0.39 is 19.0 Å². The Morgan fingerprint density at radius 1 is 1.15 bits per heavy atom. The van der Waals surface area contributed by atoms with Crippen LogP contribution in [0.25, 0.3) is 0 Å². The maximum atomic E-state index is 11.9. The lowest BCUT2D eigenvalue weighted by molar-refractivity contribution is -0.141. The van der Waals surface area contributed by atoms with Gasteiger partial charge in [0.05, 0.1) is 5.59 Å². The Kier molecular flexibility index (Phi) is 2.53. The minimum atomic E-state index is -4.56. The second-order valence-electron chi connectivity index (χ2n) is 2.21. The molecule has 70 valence electrons. The van der Waals surface area contributed by atoms with E-state index in [0.29, 0.717) is 6.07 Å². The molecule has 0 aliphatic carbocycles. The molecule has 8 heteroatoms. The lowest BCUT2D eigenvalue weighted by atomic mass is 9.86. The second-order valence-corrected chi connectivity index (χ2v) is 2.21. The molecule has 1 aromatic heterocycles. The summed E-state index contributed by atoms with van der Waals surface area (Å²) in [5.41, 5.74) is -1.50. The predicted molar refractivity (Wildman–Crippen MR) is 36.9 cm³/mol. The van der Waals surface area contributed by atoms with E-state index in [1.54, 1.807) is 0 Å². The summed E-state index contributed by atoms with van der Waals surface area (Å²) < 4.78 is 35.7. The van der Waals surface area contributed by atoms with Crippen molar-refractivity contribution in [2.24, 2.45) is 0 Å². The van der Waals surface area contributed by atoms with E-state index in [1.165, 1.54) is 0 Å². The van der Waals surface area contributed by atoms with Crippen molar-refractivity contribution in [2.45, 2.75) is 6.18 Å². The van der Waals surface area contributed by atoms with Gasteiger partial charge in [-0.1, -0.05) is 0 Å². The normalized spacial score (nSPS) is 11.5. The van der Waals surface area contributed by atoms with Crippen molar-refractivity contribution >= 4 is 12.7 Å². The summed E-state index contributed by atoms with van der Waals surface area (Å²) in [6.45, 7) is 0. The van der Waals surface area contributed by atoms with Crippen molar-refractivity contribution < 1.29 is 23.2 Å². The molecule has 0 saturated heterocycles. The third-order valence-corrected chi connectivity index (χ3v) is 1.24. The molecule has 0 fully saturated rings. The largest absolute Gasteiger partial charge is 0.510 e. The Bertz CT molecular complexity index is 287. The molecule has 0 bridgehead atoms. The van der Waals surface area contributed by atoms with Crippen molar-refractivity contribution in [2.75, 3.05) is 0 Å². The zero-order valence-electron chi connectivity index (χ0n) is 6.15. The van der Waals surface area contributed by atoms with Crippen LogP contribution in [0.2, 0.25) is 0 Å². The van der Waals surface area contributed by atoms with Crippen LogP contribution >= 0.6 is 0 Å². The van der Waals surface area contributed by atoms with Crippen LogP contribution in [-0.4, -0.2) is 27.4 Å². The first-order valence-corrected chi connectivity index (χ1v) is 3.18. The van der Waals surface area contributed by atoms with Gasteiger partial charge in [-0.15, -0.1) is 5.10 Å². The molecular weight excluding hydrogens is 188 g/mol. The third-order valence-electron chi connectivity index (χ3n) is 1.24. The number of hydrogen-bond donors (Lipinski definition) is 2. The molecule has 0 amide bonds. The molecule has 1 heterocycles. The Morgan fingerprint density at radius 3 is 2.08 bits per heavy atom. The molecule has 0 radical (unpaired) electrons. The fraction of sp³-hybridized carbons (Fsp3) is 0.200. The van der Waals surface area contributed by atoms with Crippen molar-refractivity contribution in [1.82, 2.24) is 10.2 Å². The molecule has 0 aliphatic heterocycles. The molecule has 1 rings (SSSR count). The van der Waals surface area contributed by atoms with E-state index >= 15 is 0 Å². The first kappa shape index (κ1) is 9.94. The Balaban J connectivity index is 2.94. The first-order valence-electron chi connectivity index (χ1n) is 3.18. The monoisotopic (exact) mass is 192 g/mol. The van der Waals surface area contributed by atoms with E-state index in [1.807, 2.05) is 0 Å². The highest BCUT2D eigenvalue weighted by molar-refractivity contribution is 6.57. The SMILES string of the molecule is OB(O)c1ccc(C(F)(F)F)nn1. The maximum Gasteiger partial charge on any atom is 0.510 e. The van der Waals surface area contributed by atoms with Gasteiger partial charge in [-0.05, 0) is 12.1 Å². The van der Waals surface area contributed by atoms with E-state index in [-0.39, 0.29) is 5.59 Å². The first-order chi connectivity index (χ1) is 5.91. The molecule has 2 N–H and O–H groups in total. The molecule has 1 aromatic rings. The Morgan fingerprint density at radius 2 is 1.77 bits per heavy atom. The minimum Gasteiger partial charge on any atom is -0.422 e. The summed E-state index contributed by atoms with van der Waals surface area (Å²) in [4.78, 5) is 0. The van der Waals surface area contributed by atoms with Crippen LogP contribution in [0.3, 0.4) is 0 Å². The summed E-state index contributed by atoms with van der Waals surface area (Å²) in [6.07, 6.45) is -4.56. The van der Waals surface area contributed by atoms with E-state index in [4.69, 9.17) is 10.0 Å². The lowest BCUT2D eigenvalue weighted by Crippen LogP contribution is -2.34. The number of rotatable bonds is 1. The fourth-order valence-electron chi connectivity index (χ4n) is 0.631.